The van der Waals surface area contributed by atoms with Gasteiger partial charge in [-0.2, -0.15) is 0 Å². The summed E-state index contributed by atoms with van der Waals surface area (Å²) in [7, 11) is 0. The van der Waals surface area contributed by atoms with Crippen LogP contribution in [0.1, 0.15) is 23.7 Å². The summed E-state index contributed by atoms with van der Waals surface area (Å²) in [6.45, 7) is -0.508. The topological polar surface area (TPSA) is 110 Å². The molecular formula is C23H26O6. The molecule has 1 aliphatic heterocycles. The van der Waals surface area contributed by atoms with Crippen molar-refractivity contribution in [3.05, 3.63) is 76.9 Å². The van der Waals surface area contributed by atoms with Crippen molar-refractivity contribution >= 4 is 0 Å². The molecular weight excluding hydrogens is 372 g/mol. The Bertz CT molecular complexity index is 881. The molecule has 0 amide bonds. The third kappa shape index (κ3) is 3.95. The predicted octanol–water partition coefficient (Wildman–Crippen LogP) is 1.45. The number of phenols is 1. The van der Waals surface area contributed by atoms with E-state index in [4.69, 9.17) is 4.74 Å². The van der Waals surface area contributed by atoms with Gasteiger partial charge in [-0.3, -0.25) is 0 Å². The molecule has 1 unspecified atom stereocenters. The molecule has 6 nitrogen and oxygen atoms in total. The summed E-state index contributed by atoms with van der Waals surface area (Å²) in [6, 6.07) is 5.09. The Balaban J connectivity index is 1.57. The first kappa shape index (κ1) is 20.1. The van der Waals surface area contributed by atoms with Crippen molar-refractivity contribution in [2.24, 2.45) is 5.92 Å². The Morgan fingerprint density at radius 3 is 2.66 bits per heavy atom. The van der Waals surface area contributed by atoms with Crippen LogP contribution in [0.25, 0.3) is 0 Å². The minimum atomic E-state index is -1.48. The molecule has 2 aliphatic carbocycles. The first-order valence-electron chi connectivity index (χ1n) is 9.85. The van der Waals surface area contributed by atoms with Crippen molar-refractivity contribution in [1.82, 2.24) is 0 Å². The van der Waals surface area contributed by atoms with Gasteiger partial charge < -0.3 is 30.3 Å². The van der Waals surface area contributed by atoms with Crippen molar-refractivity contribution in [2.45, 2.75) is 43.4 Å². The summed E-state index contributed by atoms with van der Waals surface area (Å²) in [6.07, 6.45) is 8.00. The van der Waals surface area contributed by atoms with E-state index < -0.39 is 37.1 Å². The lowest BCUT2D eigenvalue weighted by Gasteiger charge is -2.40. The molecule has 29 heavy (non-hydrogen) atoms. The molecule has 3 aliphatic rings. The van der Waals surface area contributed by atoms with Crippen molar-refractivity contribution in [3.63, 3.8) is 0 Å². The van der Waals surface area contributed by atoms with Crippen LogP contribution in [0.2, 0.25) is 0 Å². The fourth-order valence-corrected chi connectivity index (χ4v) is 4.22. The Kier molecular flexibility index (Phi) is 5.72. The van der Waals surface area contributed by atoms with Gasteiger partial charge in [0.25, 0.3) is 0 Å². The van der Waals surface area contributed by atoms with Crippen molar-refractivity contribution in [1.29, 1.82) is 0 Å². The number of benzene rings is 1. The number of rotatable bonds is 4. The van der Waals surface area contributed by atoms with Crippen LogP contribution in [0.15, 0.2) is 65.8 Å². The monoisotopic (exact) mass is 398 g/mol. The van der Waals surface area contributed by atoms with Gasteiger partial charge in [-0.1, -0.05) is 42.5 Å². The Morgan fingerprint density at radius 1 is 1.03 bits per heavy atom. The quantitative estimate of drug-likeness (QED) is 0.525. The predicted molar refractivity (Wildman–Crippen MR) is 107 cm³/mol. The standard InChI is InChI=1S/C23H26O6/c24-12-19-20(26)21(27)22(28)23(29-19)17-11-13(6-7-18(17)25)8-14-9-15-4-2-1-3-5-16(15)10-14/h1-4,6-7,9-11,16,19-28H,5,8,12H2/t16?,19-,20-,21+,22-,23+/m1/s1. The van der Waals surface area contributed by atoms with Gasteiger partial charge in [0, 0.05) is 11.5 Å². The van der Waals surface area contributed by atoms with Gasteiger partial charge in [0.1, 0.15) is 36.3 Å². The van der Waals surface area contributed by atoms with E-state index in [0.29, 0.717) is 17.9 Å². The largest absolute Gasteiger partial charge is 0.508 e. The molecule has 0 aromatic heterocycles. The molecule has 1 aromatic rings. The van der Waals surface area contributed by atoms with E-state index in [2.05, 4.69) is 30.4 Å². The lowest BCUT2D eigenvalue weighted by Crippen LogP contribution is -2.55. The first-order valence-corrected chi connectivity index (χ1v) is 9.85. The van der Waals surface area contributed by atoms with E-state index in [1.54, 1.807) is 6.07 Å². The molecule has 6 heteroatoms. The zero-order chi connectivity index (χ0) is 20.5. The average Bonchev–Trinajstić information content (AvgIpc) is 2.96. The van der Waals surface area contributed by atoms with Crippen molar-refractivity contribution in [3.8, 4) is 5.75 Å². The summed E-state index contributed by atoms with van der Waals surface area (Å²) in [4.78, 5) is 0. The number of phenolic OH excluding ortho intramolecular Hbond substituents is 1. The molecule has 1 fully saturated rings. The third-order valence-electron chi connectivity index (χ3n) is 5.82. The molecule has 6 atom stereocenters. The third-order valence-corrected chi connectivity index (χ3v) is 5.82. The smallest absolute Gasteiger partial charge is 0.121 e. The van der Waals surface area contributed by atoms with E-state index in [1.165, 1.54) is 17.2 Å². The normalized spacial score (nSPS) is 33.8. The van der Waals surface area contributed by atoms with Gasteiger partial charge >= 0.3 is 0 Å². The second kappa shape index (κ2) is 8.26. The maximum Gasteiger partial charge on any atom is 0.121 e. The van der Waals surface area contributed by atoms with E-state index in [1.807, 2.05) is 12.1 Å². The number of hydrogen-bond donors (Lipinski definition) is 5. The zero-order valence-electron chi connectivity index (χ0n) is 15.9. The zero-order valence-corrected chi connectivity index (χ0v) is 15.9. The van der Waals surface area contributed by atoms with Crippen LogP contribution in [0, 0.1) is 5.92 Å². The van der Waals surface area contributed by atoms with Crippen LogP contribution in [-0.4, -0.2) is 56.6 Å². The van der Waals surface area contributed by atoms with Crippen LogP contribution < -0.4 is 0 Å². The van der Waals surface area contributed by atoms with E-state index in [9.17, 15) is 25.5 Å². The summed E-state index contributed by atoms with van der Waals surface area (Å²) < 4.78 is 5.60. The number of allylic oxidation sites excluding steroid dienone is 8. The molecule has 0 radical (unpaired) electrons. The van der Waals surface area contributed by atoms with Crippen LogP contribution in [-0.2, 0) is 11.2 Å². The Labute approximate surface area is 169 Å². The lowest BCUT2D eigenvalue weighted by atomic mass is 9.89. The van der Waals surface area contributed by atoms with Gasteiger partial charge in [0.05, 0.1) is 6.61 Å². The van der Waals surface area contributed by atoms with E-state index in [0.717, 1.165) is 12.0 Å². The number of aliphatic hydroxyl groups excluding tert-OH is 4. The summed E-state index contributed by atoms with van der Waals surface area (Å²) in [5.41, 5.74) is 3.70. The van der Waals surface area contributed by atoms with Gasteiger partial charge in [0.2, 0.25) is 0 Å². The fourth-order valence-electron chi connectivity index (χ4n) is 4.22. The highest BCUT2D eigenvalue weighted by Crippen LogP contribution is 2.38. The molecule has 154 valence electrons. The highest BCUT2D eigenvalue weighted by molar-refractivity contribution is 5.47. The molecule has 0 saturated carbocycles. The van der Waals surface area contributed by atoms with E-state index in [-0.39, 0.29) is 5.75 Å². The van der Waals surface area contributed by atoms with Crippen LogP contribution >= 0.6 is 0 Å². The number of aliphatic hydroxyl groups is 4. The molecule has 1 heterocycles. The summed E-state index contributed by atoms with van der Waals surface area (Å²) >= 11 is 0. The number of ether oxygens (including phenoxy) is 1. The molecule has 1 saturated heterocycles. The maximum atomic E-state index is 10.4. The number of fused-ring (bicyclic) bond motifs is 1. The number of aromatic hydroxyl groups is 1. The summed E-state index contributed by atoms with van der Waals surface area (Å²) in [5, 5.41) is 50.2. The van der Waals surface area contributed by atoms with Gasteiger partial charge in [-0.25, -0.2) is 0 Å². The SMILES string of the molecule is OC[C@H]1O[C@@H](c2cc(CC3=CC4CC=CC=CC4=C3)ccc2O)[C@H](O)[C@@H](O)[C@@H]1O. The second-order valence-electron chi connectivity index (χ2n) is 7.83. The minimum absolute atomic E-state index is 0.0740. The Morgan fingerprint density at radius 2 is 1.86 bits per heavy atom. The van der Waals surface area contributed by atoms with Gasteiger partial charge in [-0.05, 0) is 41.7 Å². The molecule has 5 N–H and O–H groups in total. The van der Waals surface area contributed by atoms with Crippen molar-refractivity contribution < 1.29 is 30.3 Å². The molecule has 4 rings (SSSR count). The first-order chi connectivity index (χ1) is 14.0. The average molecular weight is 398 g/mol. The van der Waals surface area contributed by atoms with Gasteiger partial charge in [-0.15, -0.1) is 0 Å². The second-order valence-corrected chi connectivity index (χ2v) is 7.83. The fraction of sp³-hybridized carbons (Fsp3) is 0.391. The molecule has 0 bridgehead atoms. The summed E-state index contributed by atoms with van der Waals surface area (Å²) in [5.74, 6) is 0.303. The van der Waals surface area contributed by atoms with Crippen LogP contribution in [0.3, 0.4) is 0 Å². The maximum absolute atomic E-state index is 10.4. The van der Waals surface area contributed by atoms with Gasteiger partial charge in [0.15, 0.2) is 0 Å². The molecule has 1 aromatic carbocycles. The minimum Gasteiger partial charge on any atom is -0.508 e. The van der Waals surface area contributed by atoms with E-state index >= 15 is 0 Å². The Hall–Kier alpha value is -2.22. The molecule has 0 spiro atoms. The van der Waals surface area contributed by atoms with Crippen molar-refractivity contribution in [2.75, 3.05) is 6.61 Å². The highest BCUT2D eigenvalue weighted by Gasteiger charge is 2.44. The van der Waals surface area contributed by atoms with Crippen LogP contribution in [0.5, 0.6) is 5.75 Å². The highest BCUT2D eigenvalue weighted by atomic mass is 16.5. The lowest BCUT2D eigenvalue weighted by molar-refractivity contribution is -0.232. The number of hydrogen-bond acceptors (Lipinski definition) is 6. The van der Waals surface area contributed by atoms with Crippen LogP contribution in [0.4, 0.5) is 0 Å².